The third-order valence-corrected chi connectivity index (χ3v) is 5.80. The van der Waals surface area contributed by atoms with E-state index in [4.69, 9.17) is 11.5 Å². The predicted molar refractivity (Wildman–Crippen MR) is 118 cm³/mol. The molecule has 0 saturated carbocycles. The van der Waals surface area contributed by atoms with Gasteiger partial charge in [0.25, 0.3) is 0 Å². The number of likely N-dealkylation sites (tertiary alicyclic amines) is 1. The molecule has 33 heavy (non-hydrogen) atoms. The van der Waals surface area contributed by atoms with Gasteiger partial charge in [0.2, 0.25) is 11.9 Å². The molecule has 1 atom stereocenters. The number of nitrogens with two attached hydrogens (primary N) is 2. The van der Waals surface area contributed by atoms with Gasteiger partial charge >= 0.3 is 6.18 Å². The molecule has 1 fully saturated rings. The lowest BCUT2D eigenvalue weighted by Crippen LogP contribution is -2.46. The first-order valence-corrected chi connectivity index (χ1v) is 10.6. The molecule has 6 N–H and O–H groups in total. The monoisotopic (exact) mass is 462 g/mol. The lowest BCUT2D eigenvalue weighted by molar-refractivity contribution is -0.137. The van der Waals surface area contributed by atoms with Crippen LogP contribution >= 0.6 is 0 Å². The first-order valence-electron chi connectivity index (χ1n) is 10.6. The molecule has 4 heterocycles. The van der Waals surface area contributed by atoms with Crippen LogP contribution in [0.5, 0.6) is 0 Å². The van der Waals surface area contributed by atoms with E-state index in [1.807, 2.05) is 0 Å². The molecule has 1 saturated heterocycles. The van der Waals surface area contributed by atoms with Gasteiger partial charge in [-0.25, -0.2) is 15.0 Å². The Morgan fingerprint density at radius 3 is 2.70 bits per heavy atom. The summed E-state index contributed by atoms with van der Waals surface area (Å²) in [4.78, 5) is 29.2. The standard InChI is InChI=1S/C21H25F3N8O/c1-11(25)19(33)32-4-2-12(3-5-32)7-29-20-30-10-16(26)17(31-20)15-9-28-18-14(15)6-13(8-27-18)21(22,23)24/h6,8-12H,2-5,7,25-26H2,1H3,(H,27,28)(H,29,30,31)/t11-/m1/s1. The Kier molecular flexibility index (Phi) is 6.11. The number of hydrogen-bond acceptors (Lipinski definition) is 7. The summed E-state index contributed by atoms with van der Waals surface area (Å²) in [6, 6.07) is 0.522. The van der Waals surface area contributed by atoms with Gasteiger partial charge in [0.05, 0.1) is 23.5 Å². The molecule has 0 spiro atoms. The van der Waals surface area contributed by atoms with Crippen LogP contribution in [0.2, 0.25) is 0 Å². The minimum atomic E-state index is -4.51. The van der Waals surface area contributed by atoms with Crippen molar-refractivity contribution in [3.05, 3.63) is 30.2 Å². The molecule has 0 bridgehead atoms. The number of nitrogen functional groups attached to an aromatic ring is 1. The lowest BCUT2D eigenvalue weighted by atomic mass is 9.96. The predicted octanol–water partition coefficient (Wildman–Crippen LogP) is 2.62. The second-order valence-electron chi connectivity index (χ2n) is 8.26. The normalized spacial score (nSPS) is 16.2. The van der Waals surface area contributed by atoms with Crippen LogP contribution in [0.1, 0.15) is 25.3 Å². The van der Waals surface area contributed by atoms with Crippen molar-refractivity contribution in [2.75, 3.05) is 30.7 Å². The van der Waals surface area contributed by atoms with E-state index < -0.39 is 17.8 Å². The number of pyridine rings is 1. The van der Waals surface area contributed by atoms with Gasteiger partial charge in [0.15, 0.2) is 0 Å². The minimum Gasteiger partial charge on any atom is -0.396 e. The Balaban J connectivity index is 1.49. The smallest absolute Gasteiger partial charge is 0.396 e. The van der Waals surface area contributed by atoms with Crippen molar-refractivity contribution >= 4 is 28.6 Å². The molecule has 0 aromatic carbocycles. The van der Waals surface area contributed by atoms with Crippen LogP contribution in [-0.2, 0) is 11.0 Å². The molecule has 1 amide bonds. The summed E-state index contributed by atoms with van der Waals surface area (Å²) in [5, 5.41) is 3.45. The van der Waals surface area contributed by atoms with E-state index in [-0.39, 0.29) is 17.0 Å². The first-order chi connectivity index (χ1) is 15.6. The summed E-state index contributed by atoms with van der Waals surface area (Å²) in [7, 11) is 0. The molecule has 176 valence electrons. The molecule has 4 rings (SSSR count). The number of hydrogen-bond donors (Lipinski definition) is 4. The van der Waals surface area contributed by atoms with Crippen LogP contribution in [0.15, 0.2) is 24.7 Å². The van der Waals surface area contributed by atoms with Gasteiger partial charge < -0.3 is 26.7 Å². The number of fused-ring (bicyclic) bond motifs is 1. The van der Waals surface area contributed by atoms with E-state index >= 15 is 0 Å². The zero-order valence-corrected chi connectivity index (χ0v) is 18.0. The van der Waals surface area contributed by atoms with Crippen LogP contribution in [0, 0.1) is 5.92 Å². The molecule has 9 nitrogen and oxygen atoms in total. The van der Waals surface area contributed by atoms with Crippen LogP contribution in [0.3, 0.4) is 0 Å². The van der Waals surface area contributed by atoms with Crippen molar-refractivity contribution in [2.24, 2.45) is 11.7 Å². The number of H-pyrrole nitrogens is 1. The Labute approximate surface area is 187 Å². The van der Waals surface area contributed by atoms with Crippen LogP contribution in [0.25, 0.3) is 22.3 Å². The number of aromatic amines is 1. The highest BCUT2D eigenvalue weighted by Crippen LogP contribution is 2.35. The number of carbonyl (C=O) groups is 1. The molecule has 3 aromatic heterocycles. The molecule has 0 aliphatic carbocycles. The van der Waals surface area contributed by atoms with Crippen LogP contribution < -0.4 is 16.8 Å². The number of anilines is 2. The maximum Gasteiger partial charge on any atom is 0.417 e. The van der Waals surface area contributed by atoms with Crippen molar-refractivity contribution in [3.63, 3.8) is 0 Å². The zero-order chi connectivity index (χ0) is 23.8. The highest BCUT2D eigenvalue weighted by molar-refractivity contribution is 5.95. The number of carbonyl (C=O) groups excluding carboxylic acids is 1. The van der Waals surface area contributed by atoms with Crippen molar-refractivity contribution in [1.29, 1.82) is 0 Å². The molecule has 1 aliphatic rings. The lowest BCUT2D eigenvalue weighted by Gasteiger charge is -2.33. The summed E-state index contributed by atoms with van der Waals surface area (Å²) in [6.07, 6.45) is 0.872. The number of piperidine rings is 1. The fraction of sp³-hybridized carbons (Fsp3) is 0.429. The maximum atomic E-state index is 13.1. The number of alkyl halides is 3. The maximum absolute atomic E-state index is 13.1. The average Bonchev–Trinajstić information content (AvgIpc) is 3.21. The topological polar surface area (TPSA) is 139 Å². The molecule has 3 aromatic rings. The number of halogens is 3. The summed E-state index contributed by atoms with van der Waals surface area (Å²) >= 11 is 0. The SMILES string of the molecule is C[C@@H](N)C(=O)N1CCC(CNc2ncc(N)c(-c3c[nH]c4ncc(C(F)(F)F)cc34)n2)CC1. The van der Waals surface area contributed by atoms with E-state index in [0.717, 1.165) is 25.1 Å². The van der Waals surface area contributed by atoms with E-state index in [0.29, 0.717) is 48.4 Å². The van der Waals surface area contributed by atoms with Gasteiger partial charge in [-0.3, -0.25) is 4.79 Å². The van der Waals surface area contributed by atoms with Crippen molar-refractivity contribution in [3.8, 4) is 11.3 Å². The molecule has 1 aliphatic heterocycles. The Hall–Kier alpha value is -3.41. The quantitative estimate of drug-likeness (QED) is 0.457. The Bertz CT molecular complexity index is 1150. The molecule has 0 unspecified atom stereocenters. The largest absolute Gasteiger partial charge is 0.417 e. The van der Waals surface area contributed by atoms with Gasteiger partial charge in [0, 0.05) is 43.0 Å². The fourth-order valence-electron chi connectivity index (χ4n) is 3.93. The van der Waals surface area contributed by atoms with E-state index in [9.17, 15) is 18.0 Å². The number of nitrogens with one attached hydrogen (secondary N) is 2. The Morgan fingerprint density at radius 1 is 1.30 bits per heavy atom. The fourth-order valence-corrected chi connectivity index (χ4v) is 3.93. The van der Waals surface area contributed by atoms with Crippen LogP contribution in [0.4, 0.5) is 24.8 Å². The summed E-state index contributed by atoms with van der Waals surface area (Å²) in [5.41, 5.74) is 12.1. The van der Waals surface area contributed by atoms with Gasteiger partial charge in [-0.2, -0.15) is 13.2 Å². The molecular formula is C21H25F3N8O. The van der Waals surface area contributed by atoms with E-state index in [1.54, 1.807) is 11.8 Å². The summed E-state index contributed by atoms with van der Waals surface area (Å²) in [6.45, 7) is 3.56. The number of aromatic nitrogens is 4. The molecule has 0 radical (unpaired) electrons. The highest BCUT2D eigenvalue weighted by Gasteiger charge is 2.32. The molecule has 12 heteroatoms. The number of nitrogens with zero attached hydrogens (tertiary/aromatic N) is 4. The van der Waals surface area contributed by atoms with Gasteiger partial charge in [0.1, 0.15) is 11.3 Å². The van der Waals surface area contributed by atoms with E-state index in [1.165, 1.54) is 12.4 Å². The van der Waals surface area contributed by atoms with E-state index in [2.05, 4.69) is 25.3 Å². The highest BCUT2D eigenvalue weighted by atomic mass is 19.4. The first kappa shape index (κ1) is 22.8. The van der Waals surface area contributed by atoms with Gasteiger partial charge in [-0.1, -0.05) is 0 Å². The average molecular weight is 462 g/mol. The van der Waals surface area contributed by atoms with Gasteiger partial charge in [-0.15, -0.1) is 0 Å². The second-order valence-corrected chi connectivity index (χ2v) is 8.26. The zero-order valence-electron chi connectivity index (χ0n) is 18.0. The van der Waals surface area contributed by atoms with Crippen LogP contribution in [-0.4, -0.2) is 56.4 Å². The summed E-state index contributed by atoms with van der Waals surface area (Å²) < 4.78 is 39.4. The third kappa shape index (κ3) is 4.85. The number of rotatable bonds is 5. The minimum absolute atomic E-state index is 0.0465. The molecular weight excluding hydrogens is 437 g/mol. The van der Waals surface area contributed by atoms with Crippen molar-refractivity contribution < 1.29 is 18.0 Å². The second kappa shape index (κ2) is 8.85. The third-order valence-electron chi connectivity index (χ3n) is 5.80. The number of amides is 1. The Morgan fingerprint density at radius 2 is 2.03 bits per heavy atom. The van der Waals surface area contributed by atoms with Crippen molar-refractivity contribution in [1.82, 2.24) is 24.8 Å². The van der Waals surface area contributed by atoms with Gasteiger partial charge in [-0.05, 0) is 31.7 Å². The summed E-state index contributed by atoms with van der Waals surface area (Å²) in [5.74, 6) is 0.593. The van der Waals surface area contributed by atoms with Crippen molar-refractivity contribution in [2.45, 2.75) is 32.0 Å².